The molecule has 1 aromatic carbocycles. The van der Waals surface area contributed by atoms with Gasteiger partial charge in [0.2, 0.25) is 5.91 Å². The number of aromatic nitrogens is 2. The zero-order valence-corrected chi connectivity index (χ0v) is 9.31. The van der Waals surface area contributed by atoms with E-state index in [1.54, 1.807) is 12.4 Å². The maximum absolute atomic E-state index is 11.9. The van der Waals surface area contributed by atoms with E-state index in [0.717, 1.165) is 17.8 Å². The Hall–Kier alpha value is -2.10. The van der Waals surface area contributed by atoms with E-state index >= 15 is 0 Å². The van der Waals surface area contributed by atoms with Crippen molar-refractivity contribution in [2.45, 2.75) is 18.9 Å². The van der Waals surface area contributed by atoms with Gasteiger partial charge in [-0.25, -0.2) is 4.98 Å². The van der Waals surface area contributed by atoms with Crippen LogP contribution in [-0.2, 0) is 17.8 Å². The number of hydrogen-bond acceptors (Lipinski definition) is 2. The van der Waals surface area contributed by atoms with Crippen molar-refractivity contribution in [2.24, 2.45) is 0 Å². The predicted octanol–water partition coefficient (Wildman–Crippen LogP) is 1.37. The van der Waals surface area contributed by atoms with Crippen LogP contribution < -0.4 is 5.32 Å². The van der Waals surface area contributed by atoms with Crippen molar-refractivity contribution in [3.8, 4) is 0 Å². The van der Waals surface area contributed by atoms with Gasteiger partial charge in [-0.05, 0) is 17.5 Å². The summed E-state index contributed by atoms with van der Waals surface area (Å²) in [7, 11) is 0. The van der Waals surface area contributed by atoms with E-state index in [1.165, 1.54) is 5.56 Å². The molecule has 3 rings (SSSR count). The summed E-state index contributed by atoms with van der Waals surface area (Å²) < 4.78 is 0. The first-order valence-electron chi connectivity index (χ1n) is 5.68. The quantitative estimate of drug-likeness (QED) is 0.832. The maximum Gasteiger partial charge on any atom is 0.228 e. The number of amides is 1. The topological polar surface area (TPSA) is 57.8 Å². The molecule has 2 N–H and O–H groups in total. The number of imidazole rings is 1. The van der Waals surface area contributed by atoms with E-state index in [-0.39, 0.29) is 11.8 Å². The average molecular weight is 227 g/mol. The molecule has 1 unspecified atom stereocenters. The number of hydrogen-bond donors (Lipinski definition) is 2. The maximum atomic E-state index is 11.9. The predicted molar refractivity (Wildman–Crippen MR) is 63.3 cm³/mol. The van der Waals surface area contributed by atoms with Gasteiger partial charge in [-0.15, -0.1) is 0 Å². The summed E-state index contributed by atoms with van der Waals surface area (Å²) in [6.45, 7) is 0.463. The van der Waals surface area contributed by atoms with Gasteiger partial charge in [0.05, 0.1) is 12.5 Å². The van der Waals surface area contributed by atoms with Crippen LogP contribution in [0.2, 0.25) is 0 Å². The molecule has 1 amide bonds. The van der Waals surface area contributed by atoms with Gasteiger partial charge >= 0.3 is 0 Å². The number of fused-ring (bicyclic) bond motifs is 1. The number of rotatable bonds is 3. The van der Waals surface area contributed by atoms with Gasteiger partial charge in [-0.2, -0.15) is 0 Å². The number of carbonyl (C=O) groups excluding carboxylic acids is 1. The summed E-state index contributed by atoms with van der Waals surface area (Å²) in [5, 5.41) is 2.90. The Balaban J connectivity index is 1.62. The van der Waals surface area contributed by atoms with Crippen LogP contribution in [0.4, 0.5) is 0 Å². The standard InChI is InChI=1S/C13H13N3O/c17-13(16-8-12-14-5-6-15-12)11-7-9-3-1-2-4-10(9)11/h1-6,11H,7-8H2,(H,14,15)(H,16,17). The molecule has 4 heteroatoms. The van der Waals surface area contributed by atoms with E-state index in [0.29, 0.717) is 6.54 Å². The Morgan fingerprint density at radius 3 is 3.12 bits per heavy atom. The Morgan fingerprint density at radius 1 is 1.47 bits per heavy atom. The first kappa shape index (κ1) is 10.1. The van der Waals surface area contributed by atoms with Crippen LogP contribution >= 0.6 is 0 Å². The molecule has 0 fully saturated rings. The van der Waals surface area contributed by atoms with Gasteiger partial charge in [-0.3, -0.25) is 4.79 Å². The van der Waals surface area contributed by atoms with Gasteiger partial charge in [0.1, 0.15) is 5.82 Å². The second-order valence-corrected chi connectivity index (χ2v) is 4.21. The van der Waals surface area contributed by atoms with Crippen LogP contribution in [-0.4, -0.2) is 15.9 Å². The van der Waals surface area contributed by atoms with Crippen molar-refractivity contribution < 1.29 is 4.79 Å². The number of nitrogens with zero attached hydrogens (tertiary/aromatic N) is 1. The molecule has 0 bridgehead atoms. The molecule has 0 aliphatic heterocycles. The lowest BCUT2D eigenvalue weighted by atomic mass is 9.77. The first-order valence-corrected chi connectivity index (χ1v) is 5.68. The van der Waals surface area contributed by atoms with Crippen LogP contribution in [0.1, 0.15) is 22.9 Å². The van der Waals surface area contributed by atoms with E-state index in [2.05, 4.69) is 21.4 Å². The zero-order valence-electron chi connectivity index (χ0n) is 9.31. The fraction of sp³-hybridized carbons (Fsp3) is 0.231. The van der Waals surface area contributed by atoms with Gasteiger partial charge in [0, 0.05) is 12.4 Å². The zero-order chi connectivity index (χ0) is 11.7. The molecule has 0 saturated carbocycles. The minimum atomic E-state index is 0.0150. The summed E-state index contributed by atoms with van der Waals surface area (Å²) in [6.07, 6.45) is 4.28. The summed E-state index contributed by atoms with van der Waals surface area (Å²) in [4.78, 5) is 19.0. The van der Waals surface area contributed by atoms with Crippen LogP contribution in [0.15, 0.2) is 36.7 Å². The third kappa shape index (κ3) is 1.82. The van der Waals surface area contributed by atoms with Crippen molar-refractivity contribution in [2.75, 3.05) is 0 Å². The molecule has 0 spiro atoms. The van der Waals surface area contributed by atoms with E-state index < -0.39 is 0 Å². The Labute approximate surface area is 99.1 Å². The van der Waals surface area contributed by atoms with Gasteiger partial charge in [0.15, 0.2) is 0 Å². The fourth-order valence-corrected chi connectivity index (χ4v) is 2.18. The molecule has 17 heavy (non-hydrogen) atoms. The van der Waals surface area contributed by atoms with Crippen LogP contribution in [0, 0.1) is 0 Å². The van der Waals surface area contributed by atoms with Gasteiger partial charge in [0.25, 0.3) is 0 Å². The van der Waals surface area contributed by atoms with Crippen molar-refractivity contribution in [1.29, 1.82) is 0 Å². The highest BCUT2D eigenvalue weighted by Gasteiger charge is 2.31. The van der Waals surface area contributed by atoms with Gasteiger partial charge in [-0.1, -0.05) is 24.3 Å². The molecule has 1 atom stereocenters. The molecule has 0 saturated heterocycles. The third-order valence-corrected chi connectivity index (χ3v) is 3.16. The number of benzene rings is 1. The minimum absolute atomic E-state index is 0.0150. The largest absolute Gasteiger partial charge is 0.348 e. The molecule has 0 radical (unpaired) electrons. The Bertz CT molecular complexity index is 533. The smallest absolute Gasteiger partial charge is 0.228 e. The number of carbonyl (C=O) groups is 1. The third-order valence-electron chi connectivity index (χ3n) is 3.16. The lowest BCUT2D eigenvalue weighted by Gasteiger charge is -2.28. The lowest BCUT2D eigenvalue weighted by Crippen LogP contribution is -2.35. The van der Waals surface area contributed by atoms with Crippen molar-refractivity contribution in [3.63, 3.8) is 0 Å². The molecule has 1 aliphatic carbocycles. The molecule has 86 valence electrons. The second-order valence-electron chi connectivity index (χ2n) is 4.21. The summed E-state index contributed by atoms with van der Waals surface area (Å²) in [6, 6.07) is 8.09. The SMILES string of the molecule is O=C(NCc1ncc[nH]1)C1Cc2ccccc21. The highest BCUT2D eigenvalue weighted by molar-refractivity contribution is 5.86. The van der Waals surface area contributed by atoms with Crippen molar-refractivity contribution in [1.82, 2.24) is 15.3 Å². The molecule has 1 heterocycles. The Kier molecular flexibility index (Phi) is 2.40. The number of aromatic amines is 1. The molecule has 1 aliphatic rings. The molecular weight excluding hydrogens is 214 g/mol. The monoisotopic (exact) mass is 227 g/mol. The molecular formula is C13H13N3O. The van der Waals surface area contributed by atoms with Crippen molar-refractivity contribution >= 4 is 5.91 Å². The second kappa shape index (κ2) is 4.05. The summed E-state index contributed by atoms with van der Waals surface area (Å²) in [5.74, 6) is 0.882. The van der Waals surface area contributed by atoms with E-state index in [9.17, 15) is 4.79 Å². The highest BCUT2D eigenvalue weighted by Crippen LogP contribution is 2.34. The summed E-state index contributed by atoms with van der Waals surface area (Å²) >= 11 is 0. The van der Waals surface area contributed by atoms with Crippen molar-refractivity contribution in [3.05, 3.63) is 53.6 Å². The summed E-state index contributed by atoms with van der Waals surface area (Å²) in [5.41, 5.74) is 2.44. The van der Waals surface area contributed by atoms with E-state index in [1.807, 2.05) is 18.2 Å². The molecule has 1 aromatic heterocycles. The highest BCUT2D eigenvalue weighted by atomic mass is 16.1. The fourth-order valence-electron chi connectivity index (χ4n) is 2.18. The Morgan fingerprint density at radius 2 is 2.35 bits per heavy atom. The molecule has 4 nitrogen and oxygen atoms in total. The average Bonchev–Trinajstić information content (AvgIpc) is 2.81. The number of H-pyrrole nitrogens is 1. The van der Waals surface area contributed by atoms with Crippen LogP contribution in [0.25, 0.3) is 0 Å². The lowest BCUT2D eigenvalue weighted by molar-refractivity contribution is -0.123. The van der Waals surface area contributed by atoms with Gasteiger partial charge < -0.3 is 10.3 Å². The first-order chi connectivity index (χ1) is 8.34. The normalized spacial score (nSPS) is 17.1. The minimum Gasteiger partial charge on any atom is -0.348 e. The molecule has 2 aromatic rings. The number of nitrogens with one attached hydrogen (secondary N) is 2. The van der Waals surface area contributed by atoms with Crippen LogP contribution in [0.5, 0.6) is 0 Å². The van der Waals surface area contributed by atoms with Crippen LogP contribution in [0.3, 0.4) is 0 Å². The van der Waals surface area contributed by atoms with E-state index in [4.69, 9.17) is 0 Å².